The molecule has 2 aromatic rings. The molecule has 1 saturated heterocycles. The molecule has 1 aliphatic rings. The highest BCUT2D eigenvalue weighted by Gasteiger charge is 2.30. The summed E-state index contributed by atoms with van der Waals surface area (Å²) in [5.41, 5.74) is 0.560. The number of rotatable bonds is 4. The highest BCUT2D eigenvalue weighted by atomic mass is 35.5. The fraction of sp³-hybridized carbons (Fsp3) is 0.294. The number of hydrogen-bond donors (Lipinski definition) is 1. The Hall–Kier alpha value is -1.11. The molecule has 9 heteroatoms. The molecule has 138 valence electrons. The van der Waals surface area contributed by atoms with Gasteiger partial charge in [0.05, 0.1) is 27.2 Å². The summed E-state index contributed by atoms with van der Waals surface area (Å²) in [6, 6.07) is 5.34. The van der Waals surface area contributed by atoms with Gasteiger partial charge in [-0.3, -0.25) is 4.79 Å². The first-order valence-electron chi connectivity index (χ1n) is 7.76. The smallest absolute Gasteiger partial charge is 0.272 e. The van der Waals surface area contributed by atoms with Crippen LogP contribution < -0.4 is 5.32 Å². The van der Waals surface area contributed by atoms with Crippen molar-refractivity contribution in [1.82, 2.24) is 10.3 Å². The molecule has 0 unspecified atom stereocenters. The number of pyridine rings is 1. The normalized spacial score (nSPS) is 18.0. The van der Waals surface area contributed by atoms with Crippen LogP contribution in [0.3, 0.4) is 0 Å². The Morgan fingerprint density at radius 1 is 1.15 bits per heavy atom. The van der Waals surface area contributed by atoms with E-state index in [1.807, 2.05) is 0 Å². The topological polar surface area (TPSA) is 51.2 Å². The number of nitrogens with zero attached hydrogens (tertiary/aromatic N) is 1. The second kappa shape index (κ2) is 8.28. The molecular weight excluding hydrogens is 425 g/mol. The molecule has 1 fully saturated rings. The Bertz CT molecular complexity index is 827. The summed E-state index contributed by atoms with van der Waals surface area (Å²) in [5.74, 6) is -0.951. The van der Waals surface area contributed by atoms with Crippen LogP contribution in [0.5, 0.6) is 0 Å². The van der Waals surface area contributed by atoms with Crippen LogP contribution in [-0.4, -0.2) is 23.6 Å². The number of carbonyl (C=O) groups excluding carboxylic acids is 1. The van der Waals surface area contributed by atoms with Gasteiger partial charge in [0.15, 0.2) is 0 Å². The van der Waals surface area contributed by atoms with Crippen LogP contribution in [0, 0.1) is 5.82 Å². The number of carbonyl (C=O) groups is 1. The zero-order chi connectivity index (χ0) is 18.8. The number of hydrogen-bond acceptors (Lipinski definition) is 3. The van der Waals surface area contributed by atoms with Crippen molar-refractivity contribution in [1.29, 1.82) is 0 Å². The van der Waals surface area contributed by atoms with Gasteiger partial charge < -0.3 is 10.1 Å². The second-order valence-corrected chi connectivity index (χ2v) is 7.24. The molecule has 1 aliphatic heterocycles. The number of amides is 1. The van der Waals surface area contributed by atoms with Gasteiger partial charge in [0, 0.05) is 6.61 Å². The predicted molar refractivity (Wildman–Crippen MR) is 99.9 cm³/mol. The third-order valence-electron chi connectivity index (χ3n) is 4.05. The maximum atomic E-state index is 13.2. The molecule has 0 spiro atoms. The Morgan fingerprint density at radius 3 is 2.46 bits per heavy atom. The minimum Gasteiger partial charge on any atom is -0.376 e. The molecule has 4 nitrogen and oxygen atoms in total. The molecule has 0 saturated carbocycles. The molecule has 0 radical (unpaired) electrons. The summed E-state index contributed by atoms with van der Waals surface area (Å²) in [7, 11) is 0. The first-order chi connectivity index (χ1) is 12.4. The summed E-state index contributed by atoms with van der Waals surface area (Å²) in [6.07, 6.45) is 1.38. The molecule has 0 bridgehead atoms. The minimum atomic E-state index is -0.583. The standard InChI is InChI=1S/C17H13Cl4FN2O2/c18-11-12(19)15(23-16(21)13(11)20)17(25)24-14(10-2-1-7-26-10)8-3-5-9(22)6-4-8/h3-6,10,14H,1-2,7H2,(H,24,25)/t10-,14-/m1/s1. The lowest BCUT2D eigenvalue weighted by Crippen LogP contribution is -2.36. The second-order valence-electron chi connectivity index (χ2n) is 5.75. The van der Waals surface area contributed by atoms with E-state index in [4.69, 9.17) is 51.1 Å². The lowest BCUT2D eigenvalue weighted by atomic mass is 9.99. The Labute approximate surface area is 169 Å². The average Bonchev–Trinajstić information content (AvgIpc) is 3.16. The number of ether oxygens (including phenoxy) is 1. The average molecular weight is 438 g/mol. The van der Waals surface area contributed by atoms with Crippen molar-refractivity contribution in [3.8, 4) is 0 Å². The zero-order valence-corrected chi connectivity index (χ0v) is 16.3. The minimum absolute atomic E-state index is 0.0240. The van der Waals surface area contributed by atoms with Crippen molar-refractivity contribution in [2.75, 3.05) is 6.61 Å². The number of aromatic nitrogens is 1. The highest BCUT2D eigenvalue weighted by molar-refractivity contribution is 6.52. The van der Waals surface area contributed by atoms with Gasteiger partial charge in [0.1, 0.15) is 16.7 Å². The van der Waals surface area contributed by atoms with Crippen molar-refractivity contribution < 1.29 is 13.9 Å². The van der Waals surface area contributed by atoms with Gasteiger partial charge >= 0.3 is 0 Å². The van der Waals surface area contributed by atoms with E-state index in [2.05, 4.69) is 10.3 Å². The highest BCUT2D eigenvalue weighted by Crippen LogP contribution is 2.36. The fourth-order valence-electron chi connectivity index (χ4n) is 2.77. The van der Waals surface area contributed by atoms with Crippen molar-refractivity contribution >= 4 is 52.3 Å². The zero-order valence-electron chi connectivity index (χ0n) is 13.2. The van der Waals surface area contributed by atoms with Gasteiger partial charge in [-0.1, -0.05) is 58.5 Å². The molecule has 1 aromatic heterocycles. The number of benzene rings is 1. The summed E-state index contributed by atoms with van der Waals surface area (Å²) in [5, 5.41) is 2.54. The van der Waals surface area contributed by atoms with E-state index in [1.165, 1.54) is 12.1 Å². The van der Waals surface area contributed by atoms with Gasteiger partial charge in [-0.15, -0.1) is 0 Å². The number of halogens is 5. The molecule has 1 amide bonds. The third-order valence-corrected chi connectivity index (χ3v) is 5.73. The van der Waals surface area contributed by atoms with Gasteiger partial charge in [-0.25, -0.2) is 9.37 Å². The molecule has 1 N–H and O–H groups in total. The van der Waals surface area contributed by atoms with Crippen LogP contribution in [-0.2, 0) is 4.74 Å². The van der Waals surface area contributed by atoms with Crippen molar-refractivity contribution in [3.63, 3.8) is 0 Å². The van der Waals surface area contributed by atoms with E-state index in [9.17, 15) is 9.18 Å². The van der Waals surface area contributed by atoms with Gasteiger partial charge in [-0.2, -0.15) is 0 Å². The maximum Gasteiger partial charge on any atom is 0.272 e. The predicted octanol–water partition coefficient (Wildman–Crippen LogP) is 5.48. The fourth-order valence-corrected chi connectivity index (χ4v) is 3.59. The van der Waals surface area contributed by atoms with E-state index < -0.39 is 11.9 Å². The first-order valence-corrected chi connectivity index (χ1v) is 9.27. The largest absolute Gasteiger partial charge is 0.376 e. The summed E-state index contributed by atoms with van der Waals surface area (Å²) in [4.78, 5) is 16.7. The summed E-state index contributed by atoms with van der Waals surface area (Å²) < 4.78 is 18.9. The van der Waals surface area contributed by atoms with Crippen LogP contribution in [0.1, 0.15) is 34.9 Å². The van der Waals surface area contributed by atoms with Crippen molar-refractivity contribution in [3.05, 3.63) is 61.6 Å². The molecule has 3 rings (SSSR count). The molecule has 2 atom stereocenters. The molecule has 26 heavy (non-hydrogen) atoms. The van der Waals surface area contributed by atoms with Crippen LogP contribution in [0.25, 0.3) is 0 Å². The van der Waals surface area contributed by atoms with Crippen LogP contribution >= 0.6 is 46.4 Å². The lowest BCUT2D eigenvalue weighted by Gasteiger charge is -2.25. The molecule has 1 aromatic carbocycles. The quantitative estimate of drug-likeness (QED) is 0.644. The van der Waals surface area contributed by atoms with Crippen LogP contribution in [0.2, 0.25) is 20.2 Å². The Kier molecular flexibility index (Phi) is 6.25. The monoisotopic (exact) mass is 436 g/mol. The number of nitrogens with one attached hydrogen (secondary N) is 1. The van der Waals surface area contributed by atoms with Crippen molar-refractivity contribution in [2.45, 2.75) is 25.0 Å². The molecule has 2 heterocycles. The van der Waals surface area contributed by atoms with Crippen molar-refractivity contribution in [2.24, 2.45) is 0 Å². The van der Waals surface area contributed by atoms with E-state index in [1.54, 1.807) is 12.1 Å². The van der Waals surface area contributed by atoms with E-state index in [-0.39, 0.29) is 37.8 Å². The van der Waals surface area contributed by atoms with Gasteiger partial charge in [0.25, 0.3) is 5.91 Å². The van der Waals surface area contributed by atoms with E-state index in [0.29, 0.717) is 12.2 Å². The lowest BCUT2D eigenvalue weighted by molar-refractivity contribution is 0.0670. The Morgan fingerprint density at radius 2 is 1.85 bits per heavy atom. The van der Waals surface area contributed by atoms with Gasteiger partial charge in [0.2, 0.25) is 0 Å². The van der Waals surface area contributed by atoms with Crippen LogP contribution in [0.15, 0.2) is 24.3 Å². The van der Waals surface area contributed by atoms with E-state index >= 15 is 0 Å². The van der Waals surface area contributed by atoms with E-state index in [0.717, 1.165) is 12.8 Å². The van der Waals surface area contributed by atoms with Gasteiger partial charge in [-0.05, 0) is 30.5 Å². The molecular formula is C17H13Cl4FN2O2. The SMILES string of the molecule is O=C(N[C@H](c1ccc(F)cc1)[C@H]1CCCO1)c1nc(Cl)c(Cl)c(Cl)c1Cl. The third kappa shape index (κ3) is 4.07. The summed E-state index contributed by atoms with van der Waals surface area (Å²) in [6.45, 7) is 0.593. The summed E-state index contributed by atoms with van der Waals surface area (Å²) >= 11 is 23.9. The van der Waals surface area contributed by atoms with Crippen LogP contribution in [0.4, 0.5) is 4.39 Å². The maximum absolute atomic E-state index is 13.2. The Balaban J connectivity index is 1.92. The first kappa shape index (κ1) is 19.6. The molecule has 0 aliphatic carbocycles.